The van der Waals surface area contributed by atoms with Gasteiger partial charge in [-0.05, 0) is 18.2 Å². The van der Waals surface area contributed by atoms with Gasteiger partial charge in [0.25, 0.3) is 5.91 Å². The van der Waals surface area contributed by atoms with Crippen molar-refractivity contribution >= 4 is 28.5 Å². The molecule has 0 saturated heterocycles. The first-order valence-electron chi connectivity index (χ1n) is 7.22. The van der Waals surface area contributed by atoms with Crippen LogP contribution in [0.25, 0.3) is 10.9 Å². The molecule has 1 amide bonds. The Bertz CT molecular complexity index is 888. The summed E-state index contributed by atoms with van der Waals surface area (Å²) in [5, 5.41) is 9.95. The van der Waals surface area contributed by atoms with Gasteiger partial charge in [0.2, 0.25) is 0 Å². The van der Waals surface area contributed by atoms with Crippen LogP contribution in [0.4, 0.5) is 5.69 Å². The number of rotatable bonds is 5. The van der Waals surface area contributed by atoms with Gasteiger partial charge in [0.1, 0.15) is 5.75 Å². The first-order valence-corrected chi connectivity index (χ1v) is 7.22. The molecule has 7 heteroatoms. The van der Waals surface area contributed by atoms with Gasteiger partial charge in [-0.3, -0.25) is 9.89 Å². The normalized spacial score (nSPS) is 10.4. The Morgan fingerprint density at radius 1 is 1.12 bits per heavy atom. The molecular weight excluding hydrogens is 310 g/mol. The van der Waals surface area contributed by atoms with Gasteiger partial charge in [0.15, 0.2) is 12.3 Å². The lowest BCUT2D eigenvalue weighted by Gasteiger charge is -2.09. The molecular formula is C17H15N3O4. The van der Waals surface area contributed by atoms with E-state index < -0.39 is 18.5 Å². The highest BCUT2D eigenvalue weighted by atomic mass is 16.5. The largest absolute Gasteiger partial charge is 0.495 e. The van der Waals surface area contributed by atoms with Crippen molar-refractivity contribution in [2.24, 2.45) is 0 Å². The first-order chi connectivity index (χ1) is 11.7. The van der Waals surface area contributed by atoms with Gasteiger partial charge < -0.3 is 14.8 Å². The summed E-state index contributed by atoms with van der Waals surface area (Å²) < 4.78 is 10.2. The van der Waals surface area contributed by atoms with E-state index in [0.717, 1.165) is 5.52 Å². The van der Waals surface area contributed by atoms with E-state index in [2.05, 4.69) is 15.5 Å². The molecule has 3 rings (SSSR count). The van der Waals surface area contributed by atoms with Crippen molar-refractivity contribution in [3.8, 4) is 5.75 Å². The summed E-state index contributed by atoms with van der Waals surface area (Å²) in [6.45, 7) is -0.419. The minimum atomic E-state index is -0.664. The molecule has 0 bridgehead atoms. The number of nitrogens with zero attached hydrogens (tertiary/aromatic N) is 1. The fraction of sp³-hybridized carbons (Fsp3) is 0.118. The molecule has 0 fully saturated rings. The molecule has 1 aromatic heterocycles. The number of aromatic nitrogens is 2. The number of amides is 1. The zero-order valence-corrected chi connectivity index (χ0v) is 12.9. The molecule has 0 spiro atoms. The van der Waals surface area contributed by atoms with Crippen LogP contribution in [-0.4, -0.2) is 35.8 Å². The molecule has 0 aliphatic heterocycles. The minimum Gasteiger partial charge on any atom is -0.495 e. The highest BCUT2D eigenvalue weighted by Gasteiger charge is 2.17. The predicted octanol–water partition coefficient (Wildman–Crippen LogP) is 2.37. The number of carbonyl (C=O) groups is 2. The lowest BCUT2D eigenvalue weighted by Crippen LogP contribution is -2.21. The third-order valence-electron chi connectivity index (χ3n) is 3.38. The van der Waals surface area contributed by atoms with Crippen molar-refractivity contribution in [1.82, 2.24) is 10.2 Å². The number of fused-ring (bicyclic) bond motifs is 1. The number of methoxy groups -OCH3 is 1. The zero-order chi connectivity index (χ0) is 16.9. The molecule has 1 heterocycles. The summed E-state index contributed by atoms with van der Waals surface area (Å²) >= 11 is 0. The van der Waals surface area contributed by atoms with E-state index in [1.54, 1.807) is 42.5 Å². The predicted molar refractivity (Wildman–Crippen MR) is 88.0 cm³/mol. The number of esters is 1. The van der Waals surface area contributed by atoms with Crippen molar-refractivity contribution in [3.05, 3.63) is 54.2 Å². The van der Waals surface area contributed by atoms with E-state index in [-0.39, 0.29) is 5.69 Å². The van der Waals surface area contributed by atoms with E-state index in [1.165, 1.54) is 7.11 Å². The van der Waals surface area contributed by atoms with Crippen LogP contribution in [0.1, 0.15) is 10.5 Å². The summed E-state index contributed by atoms with van der Waals surface area (Å²) in [5.41, 5.74) is 1.38. The Morgan fingerprint density at radius 3 is 2.71 bits per heavy atom. The molecule has 2 aromatic carbocycles. The molecule has 0 aliphatic carbocycles. The molecule has 7 nitrogen and oxygen atoms in total. The number of ether oxygens (including phenoxy) is 2. The van der Waals surface area contributed by atoms with Crippen molar-refractivity contribution in [1.29, 1.82) is 0 Å². The second-order valence-electron chi connectivity index (χ2n) is 4.94. The summed E-state index contributed by atoms with van der Waals surface area (Å²) in [4.78, 5) is 24.0. The van der Waals surface area contributed by atoms with Crippen LogP contribution in [0.2, 0.25) is 0 Å². The molecule has 0 unspecified atom stereocenters. The SMILES string of the molecule is COc1ccccc1NC(=O)COC(=O)c1n[nH]c2ccccc12. The quantitative estimate of drug-likeness (QED) is 0.702. The topological polar surface area (TPSA) is 93.3 Å². The number of para-hydroxylation sites is 3. The average molecular weight is 325 g/mol. The van der Waals surface area contributed by atoms with Crippen molar-refractivity contribution < 1.29 is 19.1 Å². The van der Waals surface area contributed by atoms with E-state index in [4.69, 9.17) is 9.47 Å². The highest BCUT2D eigenvalue weighted by Crippen LogP contribution is 2.22. The number of hydrogen-bond donors (Lipinski definition) is 2. The first kappa shape index (κ1) is 15.5. The third-order valence-corrected chi connectivity index (χ3v) is 3.38. The second kappa shape index (κ2) is 6.82. The maximum atomic E-state index is 12.1. The monoisotopic (exact) mass is 325 g/mol. The number of benzene rings is 2. The molecule has 0 saturated carbocycles. The second-order valence-corrected chi connectivity index (χ2v) is 4.94. The van der Waals surface area contributed by atoms with Crippen LogP contribution in [0, 0.1) is 0 Å². The van der Waals surface area contributed by atoms with Gasteiger partial charge in [0, 0.05) is 5.39 Å². The fourth-order valence-corrected chi connectivity index (χ4v) is 2.25. The smallest absolute Gasteiger partial charge is 0.359 e. The summed E-state index contributed by atoms with van der Waals surface area (Å²) in [6, 6.07) is 14.1. The van der Waals surface area contributed by atoms with E-state index in [1.807, 2.05) is 6.07 Å². The van der Waals surface area contributed by atoms with Gasteiger partial charge in [-0.15, -0.1) is 0 Å². The number of nitrogens with one attached hydrogen (secondary N) is 2. The Hall–Kier alpha value is -3.35. The van der Waals surface area contributed by atoms with Gasteiger partial charge >= 0.3 is 5.97 Å². The molecule has 2 N–H and O–H groups in total. The van der Waals surface area contributed by atoms with Crippen LogP contribution in [0.15, 0.2) is 48.5 Å². The Morgan fingerprint density at radius 2 is 1.88 bits per heavy atom. The van der Waals surface area contributed by atoms with Crippen LogP contribution < -0.4 is 10.1 Å². The van der Waals surface area contributed by atoms with E-state index in [9.17, 15) is 9.59 Å². The maximum Gasteiger partial charge on any atom is 0.359 e. The molecule has 0 radical (unpaired) electrons. The molecule has 3 aromatic rings. The summed E-state index contributed by atoms with van der Waals surface area (Å²) in [6.07, 6.45) is 0. The Kier molecular flexibility index (Phi) is 4.42. The molecule has 24 heavy (non-hydrogen) atoms. The molecule has 0 atom stereocenters. The van der Waals surface area contributed by atoms with E-state index in [0.29, 0.717) is 16.8 Å². The maximum absolute atomic E-state index is 12.1. The fourth-order valence-electron chi connectivity index (χ4n) is 2.25. The number of anilines is 1. The number of aromatic amines is 1. The van der Waals surface area contributed by atoms with Gasteiger partial charge in [-0.1, -0.05) is 30.3 Å². The Balaban J connectivity index is 1.63. The van der Waals surface area contributed by atoms with Crippen molar-refractivity contribution in [3.63, 3.8) is 0 Å². The van der Waals surface area contributed by atoms with Gasteiger partial charge in [0.05, 0.1) is 18.3 Å². The van der Waals surface area contributed by atoms with E-state index >= 15 is 0 Å². The highest BCUT2D eigenvalue weighted by molar-refractivity contribution is 6.03. The minimum absolute atomic E-state index is 0.149. The molecule has 0 aliphatic rings. The van der Waals surface area contributed by atoms with Crippen LogP contribution in [0.5, 0.6) is 5.75 Å². The van der Waals surface area contributed by atoms with Crippen molar-refractivity contribution in [2.45, 2.75) is 0 Å². The lowest BCUT2D eigenvalue weighted by atomic mass is 10.2. The zero-order valence-electron chi connectivity index (χ0n) is 12.9. The standard InChI is InChI=1S/C17H15N3O4/c1-23-14-9-5-4-8-13(14)18-15(21)10-24-17(22)16-11-6-2-3-7-12(11)19-20-16/h2-9H,10H2,1H3,(H,18,21)(H,19,20). The van der Waals surface area contributed by atoms with Crippen LogP contribution in [-0.2, 0) is 9.53 Å². The van der Waals surface area contributed by atoms with Crippen LogP contribution in [0.3, 0.4) is 0 Å². The molecule has 122 valence electrons. The van der Waals surface area contributed by atoms with Gasteiger partial charge in [-0.25, -0.2) is 4.79 Å². The Labute approximate surface area is 137 Å². The van der Waals surface area contributed by atoms with Crippen LogP contribution >= 0.6 is 0 Å². The summed E-state index contributed by atoms with van der Waals surface area (Å²) in [7, 11) is 1.51. The summed E-state index contributed by atoms with van der Waals surface area (Å²) in [5.74, 6) is -0.606. The van der Waals surface area contributed by atoms with Gasteiger partial charge in [-0.2, -0.15) is 5.10 Å². The average Bonchev–Trinajstić information content (AvgIpc) is 3.04. The third kappa shape index (κ3) is 3.19. The van der Waals surface area contributed by atoms with Crippen molar-refractivity contribution in [2.75, 3.05) is 19.0 Å². The number of H-pyrrole nitrogens is 1. The number of carbonyl (C=O) groups excluding carboxylic acids is 2. The number of hydrogen-bond acceptors (Lipinski definition) is 5. The lowest BCUT2D eigenvalue weighted by molar-refractivity contribution is -0.119.